The summed E-state index contributed by atoms with van der Waals surface area (Å²) in [7, 11) is 3.18. The smallest absolute Gasteiger partial charge is 0.418 e. The number of nitrogens with zero attached hydrogens (tertiary/aromatic N) is 3. The maximum Gasteiger partial charge on any atom is 0.418 e. The highest BCUT2D eigenvalue weighted by atomic mass is 35.5. The molecule has 4 aromatic rings. The molecule has 11 heteroatoms. The van der Waals surface area contributed by atoms with Crippen LogP contribution < -0.4 is 15.4 Å². The van der Waals surface area contributed by atoms with E-state index in [1.165, 1.54) is 31.4 Å². The van der Waals surface area contributed by atoms with Gasteiger partial charge < -0.3 is 19.9 Å². The Balaban J connectivity index is 1.64. The van der Waals surface area contributed by atoms with Crippen LogP contribution in [0.15, 0.2) is 54.7 Å². The molecule has 0 saturated carbocycles. The van der Waals surface area contributed by atoms with Crippen molar-refractivity contribution >= 4 is 40.2 Å². The Bertz CT molecular complexity index is 1350. The Hall–Kier alpha value is -3.79. The summed E-state index contributed by atoms with van der Waals surface area (Å²) in [5, 5.41) is 5.21. The number of amides is 1. The van der Waals surface area contributed by atoms with E-state index in [-0.39, 0.29) is 28.3 Å². The normalized spacial score (nSPS) is 11.5. The Morgan fingerprint density at radius 1 is 1.09 bits per heavy atom. The number of alkyl halides is 3. The van der Waals surface area contributed by atoms with Crippen LogP contribution in [0.5, 0.6) is 11.5 Å². The second-order valence-corrected chi connectivity index (χ2v) is 7.45. The first kappa shape index (κ1) is 22.4. The van der Waals surface area contributed by atoms with Crippen molar-refractivity contribution in [1.82, 2.24) is 19.9 Å². The van der Waals surface area contributed by atoms with Crippen LogP contribution in [0.2, 0.25) is 5.02 Å². The molecule has 0 bridgehead atoms. The van der Waals surface area contributed by atoms with Gasteiger partial charge in [-0.2, -0.15) is 13.2 Å². The number of pyridine rings is 1. The lowest BCUT2D eigenvalue weighted by molar-refractivity contribution is -0.136. The van der Waals surface area contributed by atoms with Gasteiger partial charge >= 0.3 is 6.18 Å². The number of carbonyl (C=O) groups is 1. The number of nitrogens with one attached hydrogen (secondary N) is 2. The number of anilines is 2. The lowest BCUT2D eigenvalue weighted by atomic mass is 10.1. The highest BCUT2D eigenvalue weighted by molar-refractivity contribution is 6.30. The number of ether oxygens (including phenoxy) is 1. The number of hydrogen-bond acceptors (Lipinski definition) is 5. The van der Waals surface area contributed by atoms with E-state index in [2.05, 4.69) is 20.6 Å². The number of aryl methyl sites for hydroxylation is 1. The van der Waals surface area contributed by atoms with Crippen LogP contribution in [0.25, 0.3) is 11.0 Å². The molecular weight excluding hydrogens is 459 g/mol. The number of imidazole rings is 1. The van der Waals surface area contributed by atoms with E-state index in [1.54, 1.807) is 35.9 Å². The van der Waals surface area contributed by atoms with E-state index >= 15 is 0 Å². The van der Waals surface area contributed by atoms with E-state index in [0.717, 1.165) is 6.07 Å². The predicted molar refractivity (Wildman–Crippen MR) is 118 cm³/mol. The van der Waals surface area contributed by atoms with Gasteiger partial charge in [-0.1, -0.05) is 11.6 Å². The van der Waals surface area contributed by atoms with Crippen molar-refractivity contribution in [2.45, 2.75) is 6.18 Å². The number of benzene rings is 2. The highest BCUT2D eigenvalue weighted by Crippen LogP contribution is 2.38. The fraction of sp³-hybridized carbons (Fsp3) is 0.136. The minimum atomic E-state index is -4.59. The molecule has 2 heterocycles. The van der Waals surface area contributed by atoms with Crippen LogP contribution in [-0.4, -0.2) is 27.5 Å². The summed E-state index contributed by atoms with van der Waals surface area (Å²) >= 11 is 5.75. The first-order chi connectivity index (χ1) is 15.7. The fourth-order valence-corrected chi connectivity index (χ4v) is 3.37. The largest absolute Gasteiger partial charge is 0.457 e. The zero-order valence-electron chi connectivity index (χ0n) is 17.4. The first-order valence-electron chi connectivity index (χ1n) is 9.62. The van der Waals surface area contributed by atoms with Crippen molar-refractivity contribution in [1.29, 1.82) is 0 Å². The molecule has 2 aromatic carbocycles. The van der Waals surface area contributed by atoms with Crippen LogP contribution in [0.4, 0.5) is 24.8 Å². The van der Waals surface area contributed by atoms with Crippen molar-refractivity contribution in [2.24, 2.45) is 7.05 Å². The van der Waals surface area contributed by atoms with Gasteiger partial charge in [-0.05, 0) is 36.4 Å². The third kappa shape index (κ3) is 4.70. The molecule has 1 amide bonds. The minimum Gasteiger partial charge on any atom is -0.457 e. The lowest BCUT2D eigenvalue weighted by Crippen LogP contribution is -2.18. The summed E-state index contributed by atoms with van der Waals surface area (Å²) in [6, 6.07) is 11.7. The maximum absolute atomic E-state index is 13.4. The van der Waals surface area contributed by atoms with Gasteiger partial charge in [-0.15, -0.1) is 0 Å². The van der Waals surface area contributed by atoms with Crippen LogP contribution in [0.3, 0.4) is 0 Å². The van der Waals surface area contributed by atoms with E-state index in [9.17, 15) is 18.0 Å². The van der Waals surface area contributed by atoms with Crippen molar-refractivity contribution in [3.05, 3.63) is 71.0 Å². The fourth-order valence-electron chi connectivity index (χ4n) is 3.20. The molecule has 0 atom stereocenters. The summed E-state index contributed by atoms with van der Waals surface area (Å²) in [5.74, 6) is 0.689. The third-order valence-corrected chi connectivity index (χ3v) is 5.05. The van der Waals surface area contributed by atoms with Crippen LogP contribution in [0, 0.1) is 0 Å². The predicted octanol–water partition coefficient (Wildman–Crippen LogP) is 5.54. The number of rotatable bonds is 5. The standard InChI is InChI=1S/C22H17ClF3N5O2/c1-27-20(32)18-11-14(7-8-28-18)33-13-4-6-19-17(10-13)30-21(31(19)2)29-16-5-3-12(23)9-15(16)22(24,25)26/h3-11H,1-2H3,(H,27,32)(H,29,30). The number of halogens is 4. The van der Waals surface area contributed by atoms with Crippen LogP contribution in [0.1, 0.15) is 16.1 Å². The van der Waals surface area contributed by atoms with Gasteiger partial charge in [0.05, 0.1) is 22.3 Å². The zero-order valence-corrected chi connectivity index (χ0v) is 18.1. The van der Waals surface area contributed by atoms with Crippen LogP contribution in [-0.2, 0) is 13.2 Å². The topological polar surface area (TPSA) is 81.1 Å². The molecule has 0 spiro atoms. The molecule has 0 radical (unpaired) electrons. The summed E-state index contributed by atoms with van der Waals surface area (Å²) in [6.45, 7) is 0. The summed E-state index contributed by atoms with van der Waals surface area (Å²) in [5.41, 5.74) is 0.313. The van der Waals surface area contributed by atoms with Gasteiger partial charge in [0.2, 0.25) is 5.95 Å². The van der Waals surface area contributed by atoms with Gasteiger partial charge in [-0.3, -0.25) is 9.78 Å². The molecule has 0 saturated heterocycles. The molecule has 2 N–H and O–H groups in total. The van der Waals surface area contributed by atoms with Crippen molar-refractivity contribution in [2.75, 3.05) is 12.4 Å². The first-order valence-corrected chi connectivity index (χ1v) is 10.00. The molecule has 0 unspecified atom stereocenters. The number of hydrogen-bond donors (Lipinski definition) is 2. The van der Waals surface area contributed by atoms with Crippen molar-refractivity contribution in [3.8, 4) is 11.5 Å². The van der Waals surface area contributed by atoms with E-state index in [4.69, 9.17) is 16.3 Å². The molecule has 7 nitrogen and oxygen atoms in total. The molecule has 0 aliphatic rings. The average molecular weight is 476 g/mol. The molecule has 4 rings (SSSR count). The average Bonchev–Trinajstić information content (AvgIpc) is 3.08. The molecule has 0 aliphatic carbocycles. The van der Waals surface area contributed by atoms with E-state index in [1.807, 2.05) is 0 Å². The Morgan fingerprint density at radius 3 is 2.58 bits per heavy atom. The van der Waals surface area contributed by atoms with Gasteiger partial charge in [0.25, 0.3) is 5.91 Å². The Morgan fingerprint density at radius 2 is 1.85 bits per heavy atom. The SMILES string of the molecule is CNC(=O)c1cc(Oc2ccc3c(c2)nc(Nc2ccc(Cl)cc2C(F)(F)F)n3C)ccn1. The second kappa shape index (κ2) is 8.62. The zero-order chi connectivity index (χ0) is 23.8. The quantitative estimate of drug-likeness (QED) is 0.396. The molecule has 170 valence electrons. The molecular formula is C22H17ClF3N5O2. The molecule has 0 aliphatic heterocycles. The summed E-state index contributed by atoms with van der Waals surface area (Å²) in [6.07, 6.45) is -3.14. The van der Waals surface area contributed by atoms with Crippen molar-refractivity contribution in [3.63, 3.8) is 0 Å². The van der Waals surface area contributed by atoms with Gasteiger partial charge in [-0.25, -0.2) is 4.98 Å². The maximum atomic E-state index is 13.4. The lowest BCUT2D eigenvalue weighted by Gasteiger charge is -2.14. The van der Waals surface area contributed by atoms with Crippen molar-refractivity contribution < 1.29 is 22.7 Å². The van der Waals surface area contributed by atoms with E-state index in [0.29, 0.717) is 22.5 Å². The van der Waals surface area contributed by atoms with Crippen LogP contribution >= 0.6 is 11.6 Å². The molecule has 2 aromatic heterocycles. The number of carbonyl (C=O) groups excluding carboxylic acids is 1. The summed E-state index contributed by atoms with van der Waals surface area (Å²) in [4.78, 5) is 20.2. The van der Waals surface area contributed by atoms with Gasteiger partial charge in [0, 0.05) is 37.4 Å². The monoisotopic (exact) mass is 475 g/mol. The molecule has 33 heavy (non-hydrogen) atoms. The third-order valence-electron chi connectivity index (χ3n) is 4.81. The number of fused-ring (bicyclic) bond motifs is 1. The van der Waals surface area contributed by atoms with Gasteiger partial charge in [0.1, 0.15) is 17.2 Å². The van der Waals surface area contributed by atoms with E-state index < -0.39 is 11.7 Å². The minimum absolute atomic E-state index is 0.0182. The molecule has 0 fully saturated rings. The second-order valence-electron chi connectivity index (χ2n) is 7.02. The Labute approximate surface area is 191 Å². The van der Waals surface area contributed by atoms with Gasteiger partial charge in [0.15, 0.2) is 0 Å². The Kier molecular flexibility index (Phi) is 5.86. The number of aromatic nitrogens is 3. The summed E-state index contributed by atoms with van der Waals surface area (Å²) < 4.78 is 47.7. The highest BCUT2D eigenvalue weighted by Gasteiger charge is 2.34.